The van der Waals surface area contributed by atoms with E-state index in [1.807, 2.05) is 63.2 Å². The van der Waals surface area contributed by atoms with Crippen molar-refractivity contribution in [3.8, 4) is 17.5 Å². The number of nitriles is 1. The van der Waals surface area contributed by atoms with Crippen LogP contribution in [-0.4, -0.2) is 32.7 Å². The van der Waals surface area contributed by atoms with Gasteiger partial charge in [0.15, 0.2) is 0 Å². The molecule has 0 bridgehead atoms. The molecule has 3 aromatic rings. The third-order valence-corrected chi connectivity index (χ3v) is 4.31. The van der Waals surface area contributed by atoms with Gasteiger partial charge in [0, 0.05) is 17.8 Å². The first kappa shape index (κ1) is 19.2. The van der Waals surface area contributed by atoms with Crippen LogP contribution in [0.5, 0.6) is 0 Å². The summed E-state index contributed by atoms with van der Waals surface area (Å²) in [6.45, 7) is 6.25. The Hall–Kier alpha value is -3.53. The van der Waals surface area contributed by atoms with E-state index >= 15 is 0 Å². The molecule has 0 saturated heterocycles. The van der Waals surface area contributed by atoms with Crippen LogP contribution in [0.15, 0.2) is 42.5 Å². The topological polar surface area (TPSA) is 87.7 Å². The zero-order valence-corrected chi connectivity index (χ0v) is 16.3. The molecule has 1 heterocycles. The molecule has 142 valence electrons. The van der Waals surface area contributed by atoms with Crippen molar-refractivity contribution < 1.29 is 4.79 Å². The second kappa shape index (κ2) is 8.44. The molecular formula is C21H22N6O. The van der Waals surface area contributed by atoms with Gasteiger partial charge in [-0.1, -0.05) is 35.9 Å². The third-order valence-electron chi connectivity index (χ3n) is 4.31. The number of aryl methyl sites for hydroxylation is 3. The fourth-order valence-electron chi connectivity index (χ4n) is 3.00. The maximum absolute atomic E-state index is 12.9. The summed E-state index contributed by atoms with van der Waals surface area (Å²) >= 11 is 0. The number of carbonyl (C=O) groups excluding carboxylic acids is 1. The van der Waals surface area contributed by atoms with Crippen LogP contribution in [0.25, 0.3) is 11.4 Å². The average molecular weight is 374 g/mol. The normalized spacial score (nSPS) is 10.5. The SMILES string of the molecule is Cc1ccc(-c2nnn(CC(=O)N(CCC#N)c3cc(C)cc(C)c3)n2)cc1. The fraction of sp³-hybridized carbons (Fsp3) is 0.286. The molecule has 0 aliphatic rings. The van der Waals surface area contributed by atoms with E-state index in [9.17, 15) is 4.79 Å². The van der Waals surface area contributed by atoms with Gasteiger partial charge < -0.3 is 4.90 Å². The summed E-state index contributed by atoms with van der Waals surface area (Å²) in [5.74, 6) is 0.288. The molecule has 1 aromatic heterocycles. The van der Waals surface area contributed by atoms with Gasteiger partial charge in [0.1, 0.15) is 6.54 Å². The first-order valence-electron chi connectivity index (χ1n) is 9.07. The minimum Gasteiger partial charge on any atom is -0.310 e. The predicted octanol–water partition coefficient (Wildman–Crippen LogP) is 3.21. The molecule has 7 heteroatoms. The number of rotatable bonds is 6. The molecule has 0 aliphatic carbocycles. The lowest BCUT2D eigenvalue weighted by atomic mass is 10.1. The zero-order chi connectivity index (χ0) is 20.1. The molecule has 2 aromatic carbocycles. The molecule has 0 radical (unpaired) electrons. The quantitative estimate of drug-likeness (QED) is 0.661. The van der Waals surface area contributed by atoms with Crippen molar-refractivity contribution in [3.05, 3.63) is 59.2 Å². The molecule has 3 rings (SSSR count). The van der Waals surface area contributed by atoms with Gasteiger partial charge in [0.25, 0.3) is 5.91 Å². The fourth-order valence-corrected chi connectivity index (χ4v) is 3.00. The first-order chi connectivity index (χ1) is 13.5. The Labute approximate surface area is 164 Å². The van der Waals surface area contributed by atoms with E-state index in [1.165, 1.54) is 4.80 Å². The summed E-state index contributed by atoms with van der Waals surface area (Å²) in [4.78, 5) is 15.8. The number of tetrazole rings is 1. The van der Waals surface area contributed by atoms with Crippen LogP contribution < -0.4 is 4.90 Å². The van der Waals surface area contributed by atoms with Crippen molar-refractivity contribution in [3.63, 3.8) is 0 Å². The summed E-state index contributed by atoms with van der Waals surface area (Å²) in [6.07, 6.45) is 0.248. The van der Waals surface area contributed by atoms with E-state index in [4.69, 9.17) is 5.26 Å². The van der Waals surface area contributed by atoms with Crippen LogP contribution in [0.4, 0.5) is 5.69 Å². The molecular weight excluding hydrogens is 352 g/mol. The Morgan fingerprint density at radius 3 is 2.39 bits per heavy atom. The summed E-state index contributed by atoms with van der Waals surface area (Å²) in [5, 5.41) is 21.3. The molecule has 0 atom stereocenters. The largest absolute Gasteiger partial charge is 0.310 e. The Bertz CT molecular complexity index is 996. The van der Waals surface area contributed by atoms with E-state index in [1.54, 1.807) is 4.90 Å². The molecule has 7 nitrogen and oxygen atoms in total. The van der Waals surface area contributed by atoms with Gasteiger partial charge in [-0.05, 0) is 49.2 Å². The van der Waals surface area contributed by atoms with Crippen molar-refractivity contribution in [1.82, 2.24) is 20.2 Å². The van der Waals surface area contributed by atoms with Crippen molar-refractivity contribution in [2.24, 2.45) is 0 Å². The molecule has 0 spiro atoms. The van der Waals surface area contributed by atoms with Gasteiger partial charge in [0.2, 0.25) is 5.82 Å². The molecule has 0 saturated carbocycles. The van der Waals surface area contributed by atoms with Gasteiger partial charge in [-0.2, -0.15) is 10.1 Å². The summed E-state index contributed by atoms with van der Waals surface area (Å²) in [5.41, 5.74) is 4.89. The van der Waals surface area contributed by atoms with Crippen molar-refractivity contribution >= 4 is 11.6 Å². The lowest BCUT2D eigenvalue weighted by Gasteiger charge is -2.22. The van der Waals surface area contributed by atoms with Crippen LogP contribution >= 0.6 is 0 Å². The number of aromatic nitrogens is 4. The third kappa shape index (κ3) is 4.60. The standard InChI is InChI=1S/C21H22N6O/c1-15-5-7-18(8-6-15)21-23-25-27(24-21)14-20(28)26(10-4-9-22)19-12-16(2)11-17(3)13-19/h5-8,11-13H,4,10,14H2,1-3H3. The number of anilines is 1. The molecule has 0 aliphatic heterocycles. The van der Waals surface area contributed by atoms with Crippen LogP contribution in [0.2, 0.25) is 0 Å². The van der Waals surface area contributed by atoms with Gasteiger partial charge in [-0.15, -0.1) is 10.2 Å². The number of nitrogens with zero attached hydrogens (tertiary/aromatic N) is 6. The lowest BCUT2D eigenvalue weighted by molar-refractivity contribution is -0.119. The van der Waals surface area contributed by atoms with E-state index in [0.29, 0.717) is 12.4 Å². The summed E-state index contributed by atoms with van der Waals surface area (Å²) in [6, 6.07) is 15.8. The highest BCUT2D eigenvalue weighted by Gasteiger charge is 2.18. The highest BCUT2D eigenvalue weighted by Crippen LogP contribution is 2.20. The minimum absolute atomic E-state index is 0.0444. The van der Waals surface area contributed by atoms with E-state index in [2.05, 4.69) is 21.5 Å². The van der Waals surface area contributed by atoms with Crippen molar-refractivity contribution in [1.29, 1.82) is 5.26 Å². The van der Waals surface area contributed by atoms with Gasteiger partial charge >= 0.3 is 0 Å². The van der Waals surface area contributed by atoms with Crippen LogP contribution in [0.1, 0.15) is 23.1 Å². The average Bonchev–Trinajstić information content (AvgIpc) is 3.10. The van der Waals surface area contributed by atoms with Crippen LogP contribution in [-0.2, 0) is 11.3 Å². The highest BCUT2D eigenvalue weighted by atomic mass is 16.2. The van der Waals surface area contributed by atoms with Gasteiger partial charge in [0.05, 0.1) is 12.5 Å². The maximum atomic E-state index is 12.9. The van der Waals surface area contributed by atoms with E-state index in [0.717, 1.165) is 27.9 Å². The number of carbonyl (C=O) groups is 1. The van der Waals surface area contributed by atoms with Crippen molar-refractivity contribution in [2.45, 2.75) is 33.7 Å². The smallest absolute Gasteiger partial charge is 0.250 e. The second-order valence-corrected chi connectivity index (χ2v) is 6.81. The molecule has 0 unspecified atom stereocenters. The molecule has 28 heavy (non-hydrogen) atoms. The van der Waals surface area contributed by atoms with Gasteiger partial charge in [-0.25, -0.2) is 0 Å². The number of benzene rings is 2. The summed E-state index contributed by atoms with van der Waals surface area (Å²) < 4.78 is 0. The van der Waals surface area contributed by atoms with Crippen LogP contribution in [0, 0.1) is 32.1 Å². The lowest BCUT2D eigenvalue weighted by Crippen LogP contribution is -2.35. The van der Waals surface area contributed by atoms with Crippen LogP contribution in [0.3, 0.4) is 0 Å². The Kier molecular flexibility index (Phi) is 5.80. The Morgan fingerprint density at radius 1 is 1.07 bits per heavy atom. The van der Waals surface area contributed by atoms with Crippen molar-refractivity contribution in [2.75, 3.05) is 11.4 Å². The number of amides is 1. The number of hydrogen-bond acceptors (Lipinski definition) is 5. The second-order valence-electron chi connectivity index (χ2n) is 6.81. The monoisotopic (exact) mass is 374 g/mol. The molecule has 0 fully saturated rings. The maximum Gasteiger partial charge on any atom is 0.250 e. The molecule has 1 amide bonds. The zero-order valence-electron chi connectivity index (χ0n) is 16.3. The summed E-state index contributed by atoms with van der Waals surface area (Å²) in [7, 11) is 0. The van der Waals surface area contributed by atoms with E-state index < -0.39 is 0 Å². The van der Waals surface area contributed by atoms with Gasteiger partial charge in [-0.3, -0.25) is 4.79 Å². The van der Waals surface area contributed by atoms with E-state index in [-0.39, 0.29) is 18.9 Å². The molecule has 0 N–H and O–H groups in total. The first-order valence-corrected chi connectivity index (χ1v) is 9.07. The Morgan fingerprint density at radius 2 is 1.75 bits per heavy atom. The highest BCUT2D eigenvalue weighted by molar-refractivity contribution is 5.93. The minimum atomic E-state index is -0.187. The number of hydrogen-bond donors (Lipinski definition) is 0. The predicted molar refractivity (Wildman–Crippen MR) is 106 cm³/mol. The Balaban J connectivity index is 1.80.